The van der Waals surface area contributed by atoms with E-state index in [1.54, 1.807) is 0 Å². The summed E-state index contributed by atoms with van der Waals surface area (Å²) in [6.07, 6.45) is 1.04. The van der Waals surface area contributed by atoms with Crippen LogP contribution in [-0.2, 0) is 0 Å². The van der Waals surface area contributed by atoms with Gasteiger partial charge < -0.3 is 10.2 Å². The number of amides is 1. The van der Waals surface area contributed by atoms with Gasteiger partial charge in [0.25, 0.3) is 11.6 Å². The summed E-state index contributed by atoms with van der Waals surface area (Å²) in [6.45, 7) is 2.53. The Morgan fingerprint density at radius 1 is 1.60 bits per heavy atom. The molecule has 2 rings (SSSR count). The lowest BCUT2D eigenvalue weighted by Gasteiger charge is -2.12. The number of nitro benzene ring substituents is 1. The Labute approximate surface area is 121 Å². The fraction of sp³-hybridized carbons (Fsp3) is 0.462. The molecule has 0 spiro atoms. The summed E-state index contributed by atoms with van der Waals surface area (Å²) in [5.41, 5.74) is -0.105. The first-order chi connectivity index (χ1) is 9.49. The van der Waals surface area contributed by atoms with Crippen molar-refractivity contribution in [1.29, 1.82) is 0 Å². The van der Waals surface area contributed by atoms with E-state index in [1.807, 2.05) is 7.05 Å². The number of benzene rings is 1. The third-order valence-electron chi connectivity index (χ3n) is 3.46. The summed E-state index contributed by atoms with van der Waals surface area (Å²) in [6, 6.07) is 4.23. The van der Waals surface area contributed by atoms with Crippen molar-refractivity contribution in [2.24, 2.45) is 5.92 Å². The van der Waals surface area contributed by atoms with E-state index in [2.05, 4.69) is 10.2 Å². The van der Waals surface area contributed by atoms with E-state index in [9.17, 15) is 14.9 Å². The summed E-state index contributed by atoms with van der Waals surface area (Å²) in [5.74, 6) is 0.0506. The summed E-state index contributed by atoms with van der Waals surface area (Å²) in [4.78, 5) is 24.4. The highest BCUT2D eigenvalue weighted by atomic mass is 35.5. The fourth-order valence-electron chi connectivity index (χ4n) is 2.36. The number of nitrogens with one attached hydrogen (secondary N) is 1. The van der Waals surface area contributed by atoms with Crippen molar-refractivity contribution in [3.05, 3.63) is 38.9 Å². The van der Waals surface area contributed by atoms with Crippen LogP contribution in [0.1, 0.15) is 16.8 Å². The summed E-state index contributed by atoms with van der Waals surface area (Å²) >= 11 is 5.91. The van der Waals surface area contributed by atoms with E-state index in [4.69, 9.17) is 11.6 Å². The van der Waals surface area contributed by atoms with Crippen LogP contribution in [0.4, 0.5) is 5.69 Å². The normalized spacial score (nSPS) is 19.0. The molecule has 1 aliphatic heterocycles. The van der Waals surface area contributed by atoms with Gasteiger partial charge in [0.1, 0.15) is 5.02 Å². The van der Waals surface area contributed by atoms with Crippen LogP contribution in [0.25, 0.3) is 0 Å². The quantitative estimate of drug-likeness (QED) is 0.680. The van der Waals surface area contributed by atoms with Crippen LogP contribution in [0.5, 0.6) is 0 Å². The monoisotopic (exact) mass is 297 g/mol. The van der Waals surface area contributed by atoms with Gasteiger partial charge in [-0.15, -0.1) is 0 Å². The SMILES string of the molecule is CN1CCC(CNC(=O)c2cccc([N+](=O)[O-])c2Cl)C1. The highest BCUT2D eigenvalue weighted by molar-refractivity contribution is 6.35. The molecule has 1 saturated heterocycles. The fourth-order valence-corrected chi connectivity index (χ4v) is 2.64. The Balaban J connectivity index is 2.02. The number of hydrogen-bond acceptors (Lipinski definition) is 4. The number of hydrogen-bond donors (Lipinski definition) is 1. The first-order valence-electron chi connectivity index (χ1n) is 6.38. The lowest BCUT2D eigenvalue weighted by atomic mass is 10.1. The second-order valence-corrected chi connectivity index (χ2v) is 5.40. The Morgan fingerprint density at radius 3 is 2.95 bits per heavy atom. The van der Waals surface area contributed by atoms with Crippen molar-refractivity contribution in [2.45, 2.75) is 6.42 Å². The molecular formula is C13H16ClN3O3. The minimum Gasteiger partial charge on any atom is -0.352 e. The van der Waals surface area contributed by atoms with Gasteiger partial charge in [0, 0.05) is 19.2 Å². The van der Waals surface area contributed by atoms with Gasteiger partial charge >= 0.3 is 0 Å². The van der Waals surface area contributed by atoms with Crippen molar-refractivity contribution in [3.63, 3.8) is 0 Å². The van der Waals surface area contributed by atoms with Crippen molar-refractivity contribution < 1.29 is 9.72 Å². The summed E-state index contributed by atoms with van der Waals surface area (Å²) < 4.78 is 0. The van der Waals surface area contributed by atoms with Crippen molar-refractivity contribution in [3.8, 4) is 0 Å². The maximum atomic E-state index is 12.0. The zero-order valence-electron chi connectivity index (χ0n) is 11.1. The predicted octanol–water partition coefficient (Wildman–Crippen LogP) is 1.93. The van der Waals surface area contributed by atoms with Crippen molar-refractivity contribution in [1.82, 2.24) is 10.2 Å². The molecule has 1 aromatic carbocycles. The number of likely N-dealkylation sites (tertiary alicyclic amines) is 1. The molecule has 0 aromatic heterocycles. The zero-order valence-corrected chi connectivity index (χ0v) is 11.9. The van der Waals surface area contributed by atoms with Crippen molar-refractivity contribution >= 4 is 23.2 Å². The van der Waals surface area contributed by atoms with Crippen LogP contribution in [0, 0.1) is 16.0 Å². The van der Waals surface area contributed by atoms with Crippen LogP contribution in [0.3, 0.4) is 0 Å². The van der Waals surface area contributed by atoms with Gasteiger partial charge in [-0.3, -0.25) is 14.9 Å². The lowest BCUT2D eigenvalue weighted by Crippen LogP contribution is -2.30. The molecule has 1 atom stereocenters. The van der Waals surface area contributed by atoms with Crippen LogP contribution in [0.15, 0.2) is 18.2 Å². The van der Waals surface area contributed by atoms with Crippen LogP contribution in [-0.4, -0.2) is 42.4 Å². The molecule has 0 bridgehead atoms. The molecule has 0 saturated carbocycles. The third-order valence-corrected chi connectivity index (χ3v) is 3.86. The highest BCUT2D eigenvalue weighted by Gasteiger charge is 2.22. The maximum absolute atomic E-state index is 12.0. The zero-order chi connectivity index (χ0) is 14.7. The van der Waals surface area contributed by atoms with E-state index >= 15 is 0 Å². The molecule has 1 unspecified atom stereocenters. The van der Waals surface area contributed by atoms with Gasteiger partial charge in [-0.2, -0.15) is 0 Å². The van der Waals surface area contributed by atoms with Gasteiger partial charge in [-0.25, -0.2) is 0 Å². The average Bonchev–Trinajstić information content (AvgIpc) is 2.81. The van der Waals surface area contributed by atoms with Crippen LogP contribution >= 0.6 is 11.6 Å². The lowest BCUT2D eigenvalue weighted by molar-refractivity contribution is -0.384. The number of nitrogens with zero attached hydrogens (tertiary/aromatic N) is 2. The molecule has 1 fully saturated rings. The molecule has 1 heterocycles. The molecule has 0 radical (unpaired) electrons. The Hall–Kier alpha value is -1.66. The second kappa shape index (κ2) is 6.19. The molecule has 6 nitrogen and oxygen atoms in total. The Morgan fingerprint density at radius 2 is 2.35 bits per heavy atom. The molecule has 1 aliphatic rings. The topological polar surface area (TPSA) is 75.5 Å². The Kier molecular flexibility index (Phi) is 4.57. The molecule has 1 N–H and O–H groups in total. The summed E-state index contributed by atoms with van der Waals surface area (Å²) in [7, 11) is 2.04. The van der Waals surface area contributed by atoms with Gasteiger partial charge in [-0.05, 0) is 32.0 Å². The molecule has 7 heteroatoms. The minimum absolute atomic E-state index is 0.112. The first kappa shape index (κ1) is 14.7. The number of carbonyl (C=O) groups is 1. The number of rotatable bonds is 4. The van der Waals surface area contributed by atoms with E-state index in [-0.39, 0.29) is 22.2 Å². The van der Waals surface area contributed by atoms with Gasteiger partial charge in [0.05, 0.1) is 10.5 Å². The summed E-state index contributed by atoms with van der Waals surface area (Å²) in [5, 5.41) is 13.5. The highest BCUT2D eigenvalue weighted by Crippen LogP contribution is 2.27. The van der Waals surface area contributed by atoms with Gasteiger partial charge in [-0.1, -0.05) is 17.7 Å². The van der Waals surface area contributed by atoms with E-state index in [0.717, 1.165) is 19.5 Å². The molecular weight excluding hydrogens is 282 g/mol. The Bertz CT molecular complexity index is 536. The van der Waals surface area contributed by atoms with Gasteiger partial charge in [0.15, 0.2) is 0 Å². The van der Waals surface area contributed by atoms with E-state index < -0.39 is 4.92 Å². The minimum atomic E-state index is -0.592. The van der Waals surface area contributed by atoms with Crippen LogP contribution < -0.4 is 5.32 Å². The number of carbonyl (C=O) groups excluding carboxylic acids is 1. The number of nitro groups is 1. The largest absolute Gasteiger partial charge is 0.352 e. The van der Waals surface area contributed by atoms with E-state index in [0.29, 0.717) is 12.5 Å². The average molecular weight is 298 g/mol. The molecule has 0 aliphatic carbocycles. The standard InChI is InChI=1S/C13H16ClN3O3/c1-16-6-5-9(8-16)7-15-13(18)10-3-2-4-11(12(10)14)17(19)20/h2-4,9H,5-8H2,1H3,(H,15,18). The molecule has 1 amide bonds. The maximum Gasteiger partial charge on any atom is 0.288 e. The molecule has 108 valence electrons. The van der Waals surface area contributed by atoms with Gasteiger partial charge in [0.2, 0.25) is 0 Å². The van der Waals surface area contributed by atoms with Crippen molar-refractivity contribution in [2.75, 3.05) is 26.7 Å². The predicted molar refractivity (Wildman–Crippen MR) is 76.0 cm³/mol. The smallest absolute Gasteiger partial charge is 0.288 e. The number of halogens is 1. The second-order valence-electron chi connectivity index (χ2n) is 5.02. The van der Waals surface area contributed by atoms with Crippen LogP contribution in [0.2, 0.25) is 5.02 Å². The third kappa shape index (κ3) is 3.26. The van der Waals surface area contributed by atoms with E-state index in [1.165, 1.54) is 18.2 Å². The first-order valence-corrected chi connectivity index (χ1v) is 6.76. The molecule has 20 heavy (non-hydrogen) atoms. The molecule has 1 aromatic rings.